The molecule has 17 heavy (non-hydrogen) atoms. The van der Waals surface area contributed by atoms with Gasteiger partial charge in [-0.25, -0.2) is 0 Å². The van der Waals surface area contributed by atoms with E-state index >= 15 is 0 Å². The van der Waals surface area contributed by atoms with Gasteiger partial charge >= 0.3 is 0 Å². The first-order valence-electron chi connectivity index (χ1n) is 6.98. The summed E-state index contributed by atoms with van der Waals surface area (Å²) in [6.07, 6.45) is 5.31. The van der Waals surface area contributed by atoms with Gasteiger partial charge in [-0.15, -0.1) is 0 Å². The lowest BCUT2D eigenvalue weighted by Gasteiger charge is -2.24. The Kier molecular flexibility index (Phi) is 5.16. The van der Waals surface area contributed by atoms with Crippen LogP contribution in [0.1, 0.15) is 39.5 Å². The zero-order valence-electron chi connectivity index (χ0n) is 11.1. The summed E-state index contributed by atoms with van der Waals surface area (Å²) in [6, 6.07) is 0.644. The zero-order chi connectivity index (χ0) is 12.1. The molecule has 1 N–H and O–H groups in total. The number of nitrogens with one attached hydrogen (secondary N) is 1. The van der Waals surface area contributed by atoms with Crippen molar-refractivity contribution in [2.75, 3.05) is 26.2 Å². The second-order valence-electron chi connectivity index (χ2n) is 5.15. The van der Waals surface area contributed by atoms with Gasteiger partial charge in [0, 0.05) is 17.8 Å². The predicted octanol–water partition coefficient (Wildman–Crippen LogP) is 2.33. The fourth-order valence-electron chi connectivity index (χ4n) is 2.53. The number of hydrogen-bond acceptors (Lipinski definition) is 4. The van der Waals surface area contributed by atoms with E-state index in [0.29, 0.717) is 6.04 Å². The molecule has 2 rings (SSSR count). The molecule has 0 spiro atoms. The molecule has 0 aromatic heterocycles. The highest BCUT2D eigenvalue weighted by atomic mass is 32.2. The summed E-state index contributed by atoms with van der Waals surface area (Å²) in [5, 5.41) is 5.42. The van der Waals surface area contributed by atoms with Gasteiger partial charge in [0.05, 0.1) is 6.54 Å². The molecule has 4 heteroatoms. The second kappa shape index (κ2) is 6.64. The summed E-state index contributed by atoms with van der Waals surface area (Å²) in [5.74, 6) is 0. The fraction of sp³-hybridized carbons (Fsp3) is 0.923. The first kappa shape index (κ1) is 13.2. The lowest BCUT2D eigenvalue weighted by molar-refractivity contribution is 0.259. The van der Waals surface area contributed by atoms with Crippen molar-refractivity contribution in [2.24, 2.45) is 4.99 Å². The minimum Gasteiger partial charge on any atom is -0.363 e. The Labute approximate surface area is 109 Å². The summed E-state index contributed by atoms with van der Waals surface area (Å²) in [4.78, 5) is 7.16. The molecule has 1 fully saturated rings. The molecule has 0 aromatic rings. The van der Waals surface area contributed by atoms with Crippen molar-refractivity contribution >= 4 is 16.9 Å². The maximum Gasteiger partial charge on any atom is 0.156 e. The summed E-state index contributed by atoms with van der Waals surface area (Å²) >= 11 is 1.94. The topological polar surface area (TPSA) is 27.6 Å². The Morgan fingerprint density at radius 1 is 1.47 bits per heavy atom. The average Bonchev–Trinajstić information content (AvgIpc) is 2.97. The van der Waals surface area contributed by atoms with Crippen LogP contribution in [-0.4, -0.2) is 47.5 Å². The highest BCUT2D eigenvalue weighted by molar-refractivity contribution is 8.14. The van der Waals surface area contributed by atoms with Crippen LogP contribution < -0.4 is 5.32 Å². The second-order valence-corrected chi connectivity index (χ2v) is 6.44. The largest absolute Gasteiger partial charge is 0.363 e. The molecule has 0 saturated carbocycles. The van der Waals surface area contributed by atoms with Gasteiger partial charge in [-0.2, -0.15) is 0 Å². The molecule has 0 aliphatic carbocycles. The van der Waals surface area contributed by atoms with Crippen LogP contribution in [-0.2, 0) is 0 Å². The third-order valence-corrected chi connectivity index (χ3v) is 4.85. The molecule has 2 unspecified atom stereocenters. The smallest absolute Gasteiger partial charge is 0.156 e. The normalized spacial score (nSPS) is 27.2. The highest BCUT2D eigenvalue weighted by Gasteiger charge is 2.21. The SMILES string of the molecule is CCCC1CN=C(NCC(C)N2CCCC2)S1. The van der Waals surface area contributed by atoms with E-state index in [9.17, 15) is 0 Å². The molecule has 2 aliphatic heterocycles. The minimum absolute atomic E-state index is 0.644. The maximum atomic E-state index is 4.58. The van der Waals surface area contributed by atoms with Crippen molar-refractivity contribution in [1.29, 1.82) is 0 Å². The third-order valence-electron chi connectivity index (χ3n) is 3.64. The quantitative estimate of drug-likeness (QED) is 0.817. The summed E-state index contributed by atoms with van der Waals surface area (Å²) in [5.41, 5.74) is 0. The molecular weight excluding hydrogens is 230 g/mol. The fourth-order valence-corrected chi connectivity index (χ4v) is 3.67. The van der Waals surface area contributed by atoms with Gasteiger partial charge < -0.3 is 5.32 Å². The Morgan fingerprint density at radius 2 is 2.24 bits per heavy atom. The number of amidine groups is 1. The van der Waals surface area contributed by atoms with Gasteiger partial charge in [0.1, 0.15) is 0 Å². The number of nitrogens with zero attached hydrogens (tertiary/aromatic N) is 2. The number of aliphatic imine (C=N–C) groups is 1. The van der Waals surface area contributed by atoms with Crippen LogP contribution in [0.3, 0.4) is 0 Å². The van der Waals surface area contributed by atoms with E-state index in [4.69, 9.17) is 0 Å². The first-order valence-corrected chi connectivity index (χ1v) is 7.86. The van der Waals surface area contributed by atoms with Crippen LogP contribution in [0.15, 0.2) is 4.99 Å². The molecule has 0 aromatic carbocycles. The van der Waals surface area contributed by atoms with Gasteiger partial charge in [0.2, 0.25) is 0 Å². The van der Waals surface area contributed by atoms with Crippen LogP contribution in [0.25, 0.3) is 0 Å². The third kappa shape index (κ3) is 3.88. The van der Waals surface area contributed by atoms with Crippen molar-refractivity contribution in [3.8, 4) is 0 Å². The Balaban J connectivity index is 1.65. The highest BCUT2D eigenvalue weighted by Crippen LogP contribution is 2.23. The summed E-state index contributed by atoms with van der Waals surface area (Å²) < 4.78 is 0. The Morgan fingerprint density at radius 3 is 2.94 bits per heavy atom. The van der Waals surface area contributed by atoms with Crippen LogP contribution in [0, 0.1) is 0 Å². The molecule has 3 nitrogen and oxygen atoms in total. The minimum atomic E-state index is 0.644. The van der Waals surface area contributed by atoms with Gasteiger partial charge in [-0.1, -0.05) is 25.1 Å². The summed E-state index contributed by atoms with van der Waals surface area (Å²) in [7, 11) is 0. The molecule has 1 saturated heterocycles. The maximum absolute atomic E-state index is 4.58. The predicted molar refractivity (Wildman–Crippen MR) is 76.9 cm³/mol. The van der Waals surface area contributed by atoms with Crippen LogP contribution >= 0.6 is 11.8 Å². The lowest BCUT2D eigenvalue weighted by Crippen LogP contribution is -2.39. The molecular formula is C13H25N3S. The number of hydrogen-bond donors (Lipinski definition) is 1. The van der Waals surface area contributed by atoms with Crippen LogP contribution in [0.2, 0.25) is 0 Å². The van der Waals surface area contributed by atoms with Gasteiger partial charge in [0.15, 0.2) is 5.17 Å². The molecule has 0 radical (unpaired) electrons. The van der Waals surface area contributed by atoms with E-state index in [1.165, 1.54) is 43.9 Å². The van der Waals surface area contributed by atoms with Crippen molar-refractivity contribution in [2.45, 2.75) is 50.8 Å². The Hall–Kier alpha value is -0.220. The molecule has 2 heterocycles. The van der Waals surface area contributed by atoms with E-state index < -0.39 is 0 Å². The van der Waals surface area contributed by atoms with Crippen LogP contribution in [0.4, 0.5) is 0 Å². The van der Waals surface area contributed by atoms with Crippen molar-refractivity contribution in [3.05, 3.63) is 0 Å². The molecule has 2 atom stereocenters. The van der Waals surface area contributed by atoms with E-state index in [1.807, 2.05) is 11.8 Å². The van der Waals surface area contributed by atoms with Gasteiger partial charge in [0.25, 0.3) is 0 Å². The van der Waals surface area contributed by atoms with Crippen molar-refractivity contribution < 1.29 is 0 Å². The van der Waals surface area contributed by atoms with Crippen LogP contribution in [0.5, 0.6) is 0 Å². The summed E-state index contributed by atoms with van der Waals surface area (Å²) in [6.45, 7) is 9.19. The molecule has 0 bridgehead atoms. The van der Waals surface area contributed by atoms with Crippen molar-refractivity contribution in [1.82, 2.24) is 10.2 Å². The van der Waals surface area contributed by atoms with E-state index in [0.717, 1.165) is 18.3 Å². The monoisotopic (exact) mass is 255 g/mol. The standard InChI is InChI=1S/C13H25N3S/c1-3-6-12-10-15-13(17-12)14-9-11(2)16-7-4-5-8-16/h11-12H,3-10H2,1-2H3,(H,14,15). The van der Waals surface area contributed by atoms with E-state index in [-0.39, 0.29) is 0 Å². The zero-order valence-corrected chi connectivity index (χ0v) is 11.9. The van der Waals surface area contributed by atoms with Gasteiger partial charge in [-0.05, 0) is 39.3 Å². The van der Waals surface area contributed by atoms with E-state index in [1.54, 1.807) is 0 Å². The number of likely N-dealkylation sites (tertiary alicyclic amines) is 1. The number of thioether (sulfide) groups is 1. The Bertz CT molecular complexity index is 261. The lowest BCUT2D eigenvalue weighted by atomic mass is 10.2. The molecule has 2 aliphatic rings. The molecule has 0 amide bonds. The van der Waals surface area contributed by atoms with E-state index in [2.05, 4.69) is 29.1 Å². The van der Waals surface area contributed by atoms with Crippen molar-refractivity contribution in [3.63, 3.8) is 0 Å². The molecule has 98 valence electrons. The van der Waals surface area contributed by atoms with Gasteiger partial charge in [-0.3, -0.25) is 9.89 Å². The number of rotatable bonds is 5. The first-order chi connectivity index (χ1) is 8.29. The average molecular weight is 255 g/mol.